The zero-order chi connectivity index (χ0) is 18.6. The van der Waals surface area contributed by atoms with Crippen molar-refractivity contribution in [3.8, 4) is 0 Å². The van der Waals surface area contributed by atoms with E-state index in [1.165, 1.54) is 11.6 Å². The zero-order valence-corrected chi connectivity index (χ0v) is 15.1. The molecule has 0 radical (unpaired) electrons. The van der Waals surface area contributed by atoms with Crippen molar-refractivity contribution in [2.45, 2.75) is 40.2 Å². The van der Waals surface area contributed by atoms with Crippen molar-refractivity contribution < 1.29 is 9.72 Å². The molecule has 0 aromatic heterocycles. The maximum absolute atomic E-state index is 12.5. The van der Waals surface area contributed by atoms with Gasteiger partial charge < -0.3 is 5.32 Å². The van der Waals surface area contributed by atoms with Gasteiger partial charge in [0.05, 0.1) is 11.0 Å². The minimum Gasteiger partial charge on any atom is -0.345 e. The Bertz CT molecular complexity index is 767. The molecule has 25 heavy (non-hydrogen) atoms. The van der Waals surface area contributed by atoms with Crippen LogP contribution in [-0.2, 0) is 6.42 Å². The summed E-state index contributed by atoms with van der Waals surface area (Å²) in [5, 5.41) is 14.1. The summed E-state index contributed by atoms with van der Waals surface area (Å²) in [7, 11) is 0. The van der Waals surface area contributed by atoms with Crippen molar-refractivity contribution in [1.29, 1.82) is 0 Å². The first kappa shape index (κ1) is 18.6. The molecule has 1 unspecified atom stereocenters. The molecule has 0 heterocycles. The largest absolute Gasteiger partial charge is 0.345 e. The van der Waals surface area contributed by atoms with Crippen LogP contribution in [-0.4, -0.2) is 10.8 Å². The quantitative estimate of drug-likeness (QED) is 0.617. The monoisotopic (exact) mass is 340 g/mol. The molecule has 1 atom stereocenters. The van der Waals surface area contributed by atoms with Gasteiger partial charge in [0.15, 0.2) is 0 Å². The van der Waals surface area contributed by atoms with E-state index in [1.807, 2.05) is 19.1 Å². The molecule has 2 aromatic rings. The number of hydrogen-bond acceptors (Lipinski definition) is 3. The molecular formula is C20H24N2O3. The summed E-state index contributed by atoms with van der Waals surface area (Å²) in [6, 6.07) is 12.6. The zero-order valence-electron chi connectivity index (χ0n) is 15.1. The number of nitro groups is 1. The molecule has 5 nitrogen and oxygen atoms in total. The number of aryl methyl sites for hydroxylation is 1. The maximum Gasteiger partial charge on any atom is 0.285 e. The lowest BCUT2D eigenvalue weighted by Gasteiger charge is -2.15. The predicted octanol–water partition coefficient (Wildman–Crippen LogP) is 4.59. The molecule has 0 aliphatic heterocycles. The van der Waals surface area contributed by atoms with Crippen molar-refractivity contribution in [3.63, 3.8) is 0 Å². The first-order valence-electron chi connectivity index (χ1n) is 8.43. The number of nitrogens with one attached hydrogen (secondary N) is 1. The fourth-order valence-electron chi connectivity index (χ4n) is 2.86. The maximum atomic E-state index is 12.5. The summed E-state index contributed by atoms with van der Waals surface area (Å²) < 4.78 is 0. The highest BCUT2D eigenvalue weighted by Gasteiger charge is 2.23. The Kier molecular flexibility index (Phi) is 5.91. The van der Waals surface area contributed by atoms with Gasteiger partial charge in [0.1, 0.15) is 5.56 Å². The standard InChI is InChI=1S/C20H24N2O3/c1-13(2)12-16-8-10-17(11-9-16)15(4)21-20(23)18-7-5-6-14(3)19(18)22(24)25/h5-11,13,15H,12H2,1-4H3,(H,21,23). The van der Waals surface area contributed by atoms with Gasteiger partial charge in [-0.1, -0.05) is 50.2 Å². The van der Waals surface area contributed by atoms with Gasteiger partial charge in [0, 0.05) is 5.56 Å². The van der Waals surface area contributed by atoms with Crippen LogP contribution < -0.4 is 5.32 Å². The van der Waals surface area contributed by atoms with Gasteiger partial charge in [0.2, 0.25) is 0 Å². The van der Waals surface area contributed by atoms with Crippen LogP contribution in [0.4, 0.5) is 5.69 Å². The normalized spacial score (nSPS) is 12.0. The lowest BCUT2D eigenvalue weighted by atomic mass is 9.99. The van der Waals surface area contributed by atoms with E-state index in [2.05, 4.69) is 31.3 Å². The molecular weight excluding hydrogens is 316 g/mol. The van der Waals surface area contributed by atoms with Crippen molar-refractivity contribution >= 4 is 11.6 Å². The molecule has 0 bridgehead atoms. The Balaban J connectivity index is 2.15. The predicted molar refractivity (Wildman–Crippen MR) is 98.7 cm³/mol. The Morgan fingerprint density at radius 2 is 1.76 bits per heavy atom. The Labute approximate surface area is 148 Å². The second-order valence-electron chi connectivity index (χ2n) is 6.76. The van der Waals surface area contributed by atoms with Gasteiger partial charge in [0.25, 0.3) is 11.6 Å². The molecule has 1 N–H and O–H groups in total. The second-order valence-corrected chi connectivity index (χ2v) is 6.76. The molecule has 132 valence electrons. The third kappa shape index (κ3) is 4.66. The summed E-state index contributed by atoms with van der Waals surface area (Å²) in [6.07, 6.45) is 1.01. The average Bonchev–Trinajstić information content (AvgIpc) is 2.54. The highest BCUT2D eigenvalue weighted by molar-refractivity contribution is 5.98. The van der Waals surface area contributed by atoms with Gasteiger partial charge in [-0.05, 0) is 43.4 Å². The molecule has 0 aliphatic carbocycles. The summed E-state index contributed by atoms with van der Waals surface area (Å²) >= 11 is 0. The molecule has 2 rings (SSSR count). The molecule has 0 saturated heterocycles. The SMILES string of the molecule is Cc1cccc(C(=O)NC(C)c2ccc(CC(C)C)cc2)c1[N+](=O)[O-]. The summed E-state index contributed by atoms with van der Waals surface area (Å²) in [5.41, 5.74) is 2.65. The number of carbonyl (C=O) groups excluding carboxylic acids is 1. The number of nitrogens with zero attached hydrogens (tertiary/aromatic N) is 1. The first-order valence-corrected chi connectivity index (χ1v) is 8.43. The number of carbonyl (C=O) groups is 1. The third-order valence-corrected chi connectivity index (χ3v) is 4.14. The topological polar surface area (TPSA) is 72.2 Å². The van der Waals surface area contributed by atoms with E-state index < -0.39 is 10.8 Å². The summed E-state index contributed by atoms with van der Waals surface area (Å²) in [5.74, 6) is 0.152. The minimum absolute atomic E-state index is 0.0910. The highest BCUT2D eigenvalue weighted by atomic mass is 16.6. The van der Waals surface area contributed by atoms with Crippen LogP contribution in [0.1, 0.15) is 53.9 Å². The van der Waals surface area contributed by atoms with Crippen molar-refractivity contribution in [2.75, 3.05) is 0 Å². The van der Waals surface area contributed by atoms with Crippen molar-refractivity contribution in [3.05, 3.63) is 74.8 Å². The van der Waals surface area contributed by atoms with E-state index >= 15 is 0 Å². The van der Waals surface area contributed by atoms with Crippen LogP contribution >= 0.6 is 0 Å². The lowest BCUT2D eigenvalue weighted by molar-refractivity contribution is -0.385. The number of benzene rings is 2. The lowest BCUT2D eigenvalue weighted by Crippen LogP contribution is -2.27. The fraction of sp³-hybridized carbons (Fsp3) is 0.350. The molecule has 0 saturated carbocycles. The van der Waals surface area contributed by atoms with Crippen LogP contribution in [0, 0.1) is 23.0 Å². The second kappa shape index (κ2) is 7.92. The molecule has 2 aromatic carbocycles. The van der Waals surface area contributed by atoms with E-state index in [-0.39, 0.29) is 17.3 Å². The summed E-state index contributed by atoms with van der Waals surface area (Å²) in [4.78, 5) is 23.3. The van der Waals surface area contributed by atoms with Crippen LogP contribution in [0.15, 0.2) is 42.5 Å². The van der Waals surface area contributed by atoms with Crippen LogP contribution in [0.25, 0.3) is 0 Å². The molecule has 1 amide bonds. The number of rotatable bonds is 6. The van der Waals surface area contributed by atoms with E-state index in [1.54, 1.807) is 19.1 Å². The van der Waals surface area contributed by atoms with Crippen molar-refractivity contribution in [1.82, 2.24) is 5.32 Å². The number of para-hydroxylation sites is 1. The van der Waals surface area contributed by atoms with Gasteiger partial charge in [-0.3, -0.25) is 14.9 Å². The Morgan fingerprint density at radius 1 is 1.12 bits per heavy atom. The van der Waals surface area contributed by atoms with E-state index in [0.717, 1.165) is 12.0 Å². The van der Waals surface area contributed by atoms with Gasteiger partial charge in [-0.25, -0.2) is 0 Å². The average molecular weight is 340 g/mol. The van der Waals surface area contributed by atoms with E-state index in [0.29, 0.717) is 11.5 Å². The van der Waals surface area contributed by atoms with E-state index in [9.17, 15) is 14.9 Å². The van der Waals surface area contributed by atoms with Crippen LogP contribution in [0.2, 0.25) is 0 Å². The Hall–Kier alpha value is -2.69. The first-order chi connectivity index (χ1) is 11.8. The molecule has 0 aliphatic rings. The molecule has 0 fully saturated rings. The van der Waals surface area contributed by atoms with E-state index in [4.69, 9.17) is 0 Å². The smallest absolute Gasteiger partial charge is 0.285 e. The Morgan fingerprint density at radius 3 is 2.32 bits per heavy atom. The minimum atomic E-state index is -0.504. The number of amides is 1. The number of hydrogen-bond donors (Lipinski definition) is 1. The van der Waals surface area contributed by atoms with Crippen LogP contribution in [0.5, 0.6) is 0 Å². The van der Waals surface area contributed by atoms with Crippen LogP contribution in [0.3, 0.4) is 0 Å². The molecule has 0 spiro atoms. The summed E-state index contributed by atoms with van der Waals surface area (Å²) in [6.45, 7) is 7.85. The fourth-order valence-corrected chi connectivity index (χ4v) is 2.86. The third-order valence-electron chi connectivity index (χ3n) is 4.14. The highest BCUT2D eigenvalue weighted by Crippen LogP contribution is 2.24. The number of nitro benzene ring substituents is 1. The van der Waals surface area contributed by atoms with Gasteiger partial charge in [-0.2, -0.15) is 0 Å². The molecule has 5 heteroatoms. The van der Waals surface area contributed by atoms with Gasteiger partial charge >= 0.3 is 0 Å². The van der Waals surface area contributed by atoms with Gasteiger partial charge in [-0.15, -0.1) is 0 Å². The van der Waals surface area contributed by atoms with Crippen molar-refractivity contribution in [2.24, 2.45) is 5.92 Å².